The van der Waals surface area contributed by atoms with Gasteiger partial charge in [0, 0.05) is 11.5 Å². The standard InChI is InChI=1S/C17H17BrFN/c18-16-12(5-4-8-14(16)19)11-15(20)17(9-10-17)13-6-2-1-3-7-13/h1-8,15H,9-11,20H2. The van der Waals surface area contributed by atoms with Gasteiger partial charge < -0.3 is 5.73 Å². The van der Waals surface area contributed by atoms with Gasteiger partial charge in [-0.1, -0.05) is 42.5 Å². The van der Waals surface area contributed by atoms with Gasteiger partial charge in [-0.15, -0.1) is 0 Å². The highest BCUT2D eigenvalue weighted by Crippen LogP contribution is 2.51. The van der Waals surface area contributed by atoms with E-state index in [2.05, 4.69) is 40.2 Å². The molecule has 0 aromatic heterocycles. The molecule has 3 heteroatoms. The molecule has 1 saturated carbocycles. The minimum absolute atomic E-state index is 0.0167. The molecule has 1 fully saturated rings. The van der Waals surface area contributed by atoms with E-state index in [0.29, 0.717) is 10.9 Å². The third kappa shape index (κ3) is 2.40. The minimum atomic E-state index is -0.223. The fourth-order valence-electron chi connectivity index (χ4n) is 2.92. The lowest BCUT2D eigenvalue weighted by Crippen LogP contribution is -2.37. The fourth-order valence-corrected chi connectivity index (χ4v) is 3.34. The van der Waals surface area contributed by atoms with Crippen molar-refractivity contribution in [2.45, 2.75) is 30.7 Å². The van der Waals surface area contributed by atoms with E-state index in [1.807, 2.05) is 12.1 Å². The zero-order valence-electron chi connectivity index (χ0n) is 11.2. The van der Waals surface area contributed by atoms with E-state index in [4.69, 9.17) is 5.73 Å². The zero-order chi connectivity index (χ0) is 14.2. The maximum Gasteiger partial charge on any atom is 0.137 e. The molecule has 2 N–H and O–H groups in total. The predicted octanol–water partition coefficient (Wildman–Crippen LogP) is 4.19. The molecule has 2 aromatic rings. The van der Waals surface area contributed by atoms with Crippen molar-refractivity contribution < 1.29 is 4.39 Å². The summed E-state index contributed by atoms with van der Waals surface area (Å²) in [5.41, 5.74) is 8.78. The molecule has 1 nitrogen and oxygen atoms in total. The van der Waals surface area contributed by atoms with E-state index >= 15 is 0 Å². The topological polar surface area (TPSA) is 26.0 Å². The summed E-state index contributed by atoms with van der Waals surface area (Å²) in [5.74, 6) is -0.223. The van der Waals surface area contributed by atoms with Crippen LogP contribution in [0.4, 0.5) is 4.39 Å². The first kappa shape index (κ1) is 13.8. The molecule has 20 heavy (non-hydrogen) atoms. The van der Waals surface area contributed by atoms with Crippen LogP contribution in [0.25, 0.3) is 0 Å². The first-order valence-corrected chi connectivity index (χ1v) is 7.67. The van der Waals surface area contributed by atoms with E-state index in [9.17, 15) is 4.39 Å². The number of halogens is 2. The lowest BCUT2D eigenvalue weighted by atomic mass is 9.85. The molecule has 2 aromatic carbocycles. The van der Waals surface area contributed by atoms with E-state index in [-0.39, 0.29) is 17.3 Å². The quantitative estimate of drug-likeness (QED) is 0.891. The smallest absolute Gasteiger partial charge is 0.137 e. The average molecular weight is 334 g/mol. The molecule has 1 aliphatic rings. The van der Waals surface area contributed by atoms with Gasteiger partial charge in [-0.05, 0) is 52.4 Å². The fraction of sp³-hybridized carbons (Fsp3) is 0.294. The molecule has 0 spiro atoms. The first-order chi connectivity index (χ1) is 9.63. The molecule has 1 unspecified atom stereocenters. The van der Waals surface area contributed by atoms with Crippen LogP contribution in [0.2, 0.25) is 0 Å². The minimum Gasteiger partial charge on any atom is -0.327 e. The van der Waals surface area contributed by atoms with Gasteiger partial charge >= 0.3 is 0 Å². The summed E-state index contributed by atoms with van der Waals surface area (Å²) in [4.78, 5) is 0. The van der Waals surface area contributed by atoms with Crippen molar-refractivity contribution in [1.29, 1.82) is 0 Å². The second-order valence-electron chi connectivity index (χ2n) is 5.55. The SMILES string of the molecule is NC(Cc1cccc(F)c1Br)C1(c2ccccc2)CC1. The van der Waals surface area contributed by atoms with Gasteiger partial charge in [-0.25, -0.2) is 4.39 Å². The number of benzene rings is 2. The van der Waals surface area contributed by atoms with Crippen LogP contribution < -0.4 is 5.73 Å². The Balaban J connectivity index is 1.83. The van der Waals surface area contributed by atoms with Crippen LogP contribution in [-0.2, 0) is 11.8 Å². The van der Waals surface area contributed by atoms with Crippen LogP contribution in [0.15, 0.2) is 53.0 Å². The summed E-state index contributed by atoms with van der Waals surface area (Å²) in [6, 6.07) is 15.6. The van der Waals surface area contributed by atoms with Crippen LogP contribution in [0.5, 0.6) is 0 Å². The molecule has 0 aliphatic heterocycles. The molecule has 1 aliphatic carbocycles. The molecule has 0 radical (unpaired) electrons. The van der Waals surface area contributed by atoms with Gasteiger partial charge in [0.05, 0.1) is 4.47 Å². The number of hydrogen-bond acceptors (Lipinski definition) is 1. The van der Waals surface area contributed by atoms with Gasteiger partial charge in [-0.2, -0.15) is 0 Å². The summed E-state index contributed by atoms with van der Waals surface area (Å²) < 4.78 is 14.1. The van der Waals surface area contributed by atoms with E-state index in [0.717, 1.165) is 18.4 Å². The highest BCUT2D eigenvalue weighted by Gasteiger charge is 2.48. The van der Waals surface area contributed by atoms with E-state index in [1.54, 1.807) is 6.07 Å². The van der Waals surface area contributed by atoms with Gasteiger partial charge in [0.25, 0.3) is 0 Å². The Morgan fingerprint density at radius 1 is 1.10 bits per heavy atom. The van der Waals surface area contributed by atoms with Crippen LogP contribution in [0.1, 0.15) is 24.0 Å². The Bertz CT molecular complexity index is 608. The lowest BCUT2D eigenvalue weighted by molar-refractivity contribution is 0.511. The molecular formula is C17H17BrFN. The lowest BCUT2D eigenvalue weighted by Gasteiger charge is -2.24. The Hall–Kier alpha value is -1.19. The molecule has 0 amide bonds. The highest BCUT2D eigenvalue weighted by molar-refractivity contribution is 9.10. The van der Waals surface area contributed by atoms with Gasteiger partial charge in [0.2, 0.25) is 0 Å². The Labute approximate surface area is 127 Å². The molecule has 0 heterocycles. The Morgan fingerprint density at radius 2 is 1.80 bits per heavy atom. The summed E-state index contributed by atoms with van der Waals surface area (Å²) in [6.07, 6.45) is 2.92. The molecule has 1 atom stereocenters. The Kier molecular flexibility index (Phi) is 3.65. The maximum absolute atomic E-state index is 13.6. The maximum atomic E-state index is 13.6. The second-order valence-corrected chi connectivity index (χ2v) is 6.34. The molecular weight excluding hydrogens is 317 g/mol. The van der Waals surface area contributed by atoms with Crippen LogP contribution in [0, 0.1) is 5.82 Å². The van der Waals surface area contributed by atoms with Crippen molar-refractivity contribution in [1.82, 2.24) is 0 Å². The normalized spacial score (nSPS) is 17.8. The highest BCUT2D eigenvalue weighted by atomic mass is 79.9. The molecule has 0 saturated heterocycles. The molecule has 3 rings (SSSR count). The number of rotatable bonds is 4. The largest absolute Gasteiger partial charge is 0.327 e. The second kappa shape index (κ2) is 5.30. The monoisotopic (exact) mass is 333 g/mol. The van der Waals surface area contributed by atoms with Gasteiger partial charge in [-0.3, -0.25) is 0 Å². The third-order valence-corrected chi connectivity index (χ3v) is 5.21. The first-order valence-electron chi connectivity index (χ1n) is 6.87. The van der Waals surface area contributed by atoms with Crippen molar-refractivity contribution in [3.63, 3.8) is 0 Å². The van der Waals surface area contributed by atoms with Gasteiger partial charge in [0.15, 0.2) is 0 Å². The molecule has 0 bridgehead atoms. The zero-order valence-corrected chi connectivity index (χ0v) is 12.7. The Morgan fingerprint density at radius 3 is 2.45 bits per heavy atom. The van der Waals surface area contributed by atoms with Crippen molar-refractivity contribution in [3.05, 3.63) is 69.9 Å². The van der Waals surface area contributed by atoms with Crippen molar-refractivity contribution >= 4 is 15.9 Å². The number of hydrogen-bond donors (Lipinski definition) is 1. The van der Waals surface area contributed by atoms with Crippen LogP contribution >= 0.6 is 15.9 Å². The van der Waals surface area contributed by atoms with Crippen molar-refractivity contribution in [3.8, 4) is 0 Å². The predicted molar refractivity (Wildman–Crippen MR) is 83.1 cm³/mol. The summed E-state index contributed by atoms with van der Waals surface area (Å²) in [6.45, 7) is 0. The molecule has 104 valence electrons. The van der Waals surface area contributed by atoms with Gasteiger partial charge in [0.1, 0.15) is 5.82 Å². The summed E-state index contributed by atoms with van der Waals surface area (Å²) in [5, 5.41) is 0. The van der Waals surface area contributed by atoms with Crippen molar-refractivity contribution in [2.75, 3.05) is 0 Å². The van der Waals surface area contributed by atoms with E-state index < -0.39 is 0 Å². The number of nitrogens with two attached hydrogens (primary N) is 1. The summed E-state index contributed by atoms with van der Waals surface area (Å²) in [7, 11) is 0. The summed E-state index contributed by atoms with van der Waals surface area (Å²) >= 11 is 3.32. The third-order valence-electron chi connectivity index (χ3n) is 4.32. The van der Waals surface area contributed by atoms with Crippen LogP contribution in [-0.4, -0.2) is 6.04 Å². The van der Waals surface area contributed by atoms with E-state index in [1.165, 1.54) is 11.6 Å². The average Bonchev–Trinajstić information content (AvgIpc) is 3.26. The van der Waals surface area contributed by atoms with Crippen LogP contribution in [0.3, 0.4) is 0 Å². The van der Waals surface area contributed by atoms with Crippen molar-refractivity contribution in [2.24, 2.45) is 5.73 Å².